The molecule has 3 N–H and O–H groups in total. The van der Waals surface area contributed by atoms with Crippen molar-refractivity contribution >= 4 is 34.2 Å². The monoisotopic (exact) mass is 481 g/mol. The van der Waals surface area contributed by atoms with Crippen molar-refractivity contribution in [2.75, 3.05) is 10.6 Å². The van der Waals surface area contributed by atoms with E-state index in [1.165, 1.54) is 0 Å². The highest BCUT2D eigenvalue weighted by Gasteiger charge is 2.15. The number of carbonyl (C=O) groups excluding carboxylic acids is 2. The largest absolute Gasteiger partial charge is 0.348 e. The summed E-state index contributed by atoms with van der Waals surface area (Å²) in [6.45, 7) is 0.980. The van der Waals surface area contributed by atoms with Gasteiger partial charge in [0.2, 0.25) is 0 Å². The molecular weight excluding hydrogens is 454 g/mol. The summed E-state index contributed by atoms with van der Waals surface area (Å²) in [6, 6.07) is 21.2. The maximum absolute atomic E-state index is 12.9. The zero-order valence-electron chi connectivity index (χ0n) is 19.8. The molecule has 0 fully saturated rings. The first-order valence-electron chi connectivity index (χ1n) is 12.1. The van der Waals surface area contributed by atoms with Gasteiger partial charge in [0.25, 0.3) is 11.5 Å². The molecule has 1 aromatic heterocycles. The molecule has 2 heterocycles. The van der Waals surface area contributed by atoms with Crippen LogP contribution in [0.4, 0.5) is 16.2 Å². The highest BCUT2D eigenvalue weighted by Crippen LogP contribution is 2.17. The topological polar surface area (TPSA) is 105 Å². The Morgan fingerprint density at radius 2 is 1.67 bits per heavy atom. The Bertz CT molecular complexity index is 1480. The van der Waals surface area contributed by atoms with Crippen LogP contribution in [0.15, 0.2) is 77.6 Å². The van der Waals surface area contributed by atoms with Gasteiger partial charge >= 0.3 is 6.03 Å². The van der Waals surface area contributed by atoms with Crippen molar-refractivity contribution in [3.63, 3.8) is 0 Å². The van der Waals surface area contributed by atoms with Crippen LogP contribution in [0, 0.1) is 0 Å². The van der Waals surface area contributed by atoms with E-state index < -0.39 is 0 Å². The van der Waals surface area contributed by atoms with Crippen molar-refractivity contribution in [1.29, 1.82) is 0 Å². The standard InChI is InChI=1S/C28H27N5O3/c34-26(20-13-14-23-24(17-20)32-25-12-5-2-6-15-33(25)27(23)35)29-18-19-8-7-11-22(16-19)31-28(36)30-21-9-3-1-4-10-21/h1,3-4,7-11,13-14,16-17H,2,5-6,12,15,18H2,(H,29,34)(H2,30,31,36). The number of rotatable bonds is 5. The molecule has 0 saturated carbocycles. The van der Waals surface area contributed by atoms with Crippen LogP contribution in [0.25, 0.3) is 10.9 Å². The number of amides is 3. The molecule has 3 aromatic carbocycles. The lowest BCUT2D eigenvalue weighted by Crippen LogP contribution is -2.26. The van der Waals surface area contributed by atoms with Gasteiger partial charge < -0.3 is 16.0 Å². The second-order valence-electron chi connectivity index (χ2n) is 8.86. The smallest absolute Gasteiger partial charge is 0.323 e. The van der Waals surface area contributed by atoms with E-state index in [0.29, 0.717) is 34.4 Å². The van der Waals surface area contributed by atoms with Crippen molar-refractivity contribution in [3.8, 4) is 0 Å². The van der Waals surface area contributed by atoms with Crippen LogP contribution in [0.3, 0.4) is 0 Å². The third-order valence-corrected chi connectivity index (χ3v) is 6.25. The predicted molar refractivity (Wildman–Crippen MR) is 140 cm³/mol. The fourth-order valence-corrected chi connectivity index (χ4v) is 4.42. The molecule has 0 bridgehead atoms. The normalized spacial score (nSPS) is 12.9. The summed E-state index contributed by atoms with van der Waals surface area (Å²) in [5.74, 6) is 0.539. The zero-order chi connectivity index (χ0) is 24.9. The van der Waals surface area contributed by atoms with Gasteiger partial charge in [-0.25, -0.2) is 9.78 Å². The molecule has 8 heteroatoms. The summed E-state index contributed by atoms with van der Waals surface area (Å²) in [5, 5.41) is 9.02. The van der Waals surface area contributed by atoms with Gasteiger partial charge in [-0.15, -0.1) is 0 Å². The van der Waals surface area contributed by atoms with Gasteiger partial charge in [0.05, 0.1) is 10.9 Å². The van der Waals surface area contributed by atoms with E-state index in [9.17, 15) is 14.4 Å². The first kappa shape index (κ1) is 23.3. The number of aromatic nitrogens is 2. The van der Waals surface area contributed by atoms with Gasteiger partial charge in [-0.3, -0.25) is 14.2 Å². The number of anilines is 2. The molecule has 0 unspecified atom stereocenters. The number of carbonyl (C=O) groups is 2. The molecule has 0 spiro atoms. The summed E-state index contributed by atoms with van der Waals surface area (Å²) in [5.41, 5.74) is 3.11. The number of nitrogens with zero attached hydrogens (tertiary/aromatic N) is 2. The van der Waals surface area contributed by atoms with Gasteiger partial charge in [0.15, 0.2) is 0 Å². The number of benzene rings is 3. The van der Waals surface area contributed by atoms with Gasteiger partial charge in [-0.05, 0) is 60.9 Å². The Balaban J connectivity index is 1.25. The fourth-order valence-electron chi connectivity index (χ4n) is 4.42. The van der Waals surface area contributed by atoms with Crippen molar-refractivity contribution < 1.29 is 9.59 Å². The lowest BCUT2D eigenvalue weighted by Gasteiger charge is -2.11. The van der Waals surface area contributed by atoms with Crippen LogP contribution in [-0.4, -0.2) is 21.5 Å². The molecule has 8 nitrogen and oxygen atoms in total. The van der Waals surface area contributed by atoms with Gasteiger partial charge in [0.1, 0.15) is 5.82 Å². The highest BCUT2D eigenvalue weighted by atomic mass is 16.2. The van der Waals surface area contributed by atoms with E-state index in [1.807, 2.05) is 36.4 Å². The van der Waals surface area contributed by atoms with E-state index >= 15 is 0 Å². The molecule has 1 aliphatic rings. The number of urea groups is 1. The third-order valence-electron chi connectivity index (χ3n) is 6.25. The highest BCUT2D eigenvalue weighted by molar-refractivity contribution is 6.00. The van der Waals surface area contributed by atoms with Crippen LogP contribution < -0.4 is 21.5 Å². The molecule has 36 heavy (non-hydrogen) atoms. The molecule has 4 aromatic rings. The number of fused-ring (bicyclic) bond motifs is 2. The predicted octanol–water partition coefficient (Wildman–Crippen LogP) is 4.70. The van der Waals surface area contributed by atoms with E-state index in [4.69, 9.17) is 4.98 Å². The molecule has 0 saturated heterocycles. The first-order valence-corrected chi connectivity index (χ1v) is 12.1. The minimum atomic E-state index is -0.347. The van der Waals surface area contributed by atoms with Crippen molar-refractivity contribution in [1.82, 2.24) is 14.9 Å². The van der Waals surface area contributed by atoms with Gasteiger partial charge in [-0.2, -0.15) is 0 Å². The second-order valence-corrected chi connectivity index (χ2v) is 8.86. The van der Waals surface area contributed by atoms with Gasteiger partial charge in [-0.1, -0.05) is 36.8 Å². The molecule has 0 radical (unpaired) electrons. The summed E-state index contributed by atoms with van der Waals surface area (Å²) in [7, 11) is 0. The number of para-hydroxylation sites is 1. The average molecular weight is 482 g/mol. The lowest BCUT2D eigenvalue weighted by atomic mass is 10.1. The van der Waals surface area contributed by atoms with Crippen molar-refractivity contribution in [2.24, 2.45) is 0 Å². The quantitative estimate of drug-likeness (QED) is 0.384. The Kier molecular flexibility index (Phi) is 6.75. The molecule has 0 aliphatic carbocycles. The first-order chi connectivity index (χ1) is 17.6. The van der Waals surface area contributed by atoms with Crippen LogP contribution in [0.1, 0.15) is 41.0 Å². The minimum absolute atomic E-state index is 0.0375. The van der Waals surface area contributed by atoms with Crippen LogP contribution in [0.2, 0.25) is 0 Å². The zero-order valence-corrected chi connectivity index (χ0v) is 19.8. The van der Waals surface area contributed by atoms with Crippen molar-refractivity contribution in [2.45, 2.75) is 38.8 Å². The lowest BCUT2D eigenvalue weighted by molar-refractivity contribution is 0.0951. The summed E-state index contributed by atoms with van der Waals surface area (Å²) < 4.78 is 1.77. The maximum atomic E-state index is 12.9. The third kappa shape index (κ3) is 5.27. The molecule has 5 rings (SSSR count). The number of hydrogen-bond donors (Lipinski definition) is 3. The van der Waals surface area contributed by atoms with Crippen LogP contribution >= 0.6 is 0 Å². The fraction of sp³-hybridized carbons (Fsp3) is 0.214. The minimum Gasteiger partial charge on any atom is -0.348 e. The molecule has 182 valence electrons. The van der Waals surface area contributed by atoms with E-state index in [0.717, 1.165) is 37.1 Å². The van der Waals surface area contributed by atoms with Crippen molar-refractivity contribution in [3.05, 3.63) is 100 Å². The molecular formula is C28H27N5O3. The summed E-state index contributed by atoms with van der Waals surface area (Å²) >= 11 is 0. The Morgan fingerprint density at radius 3 is 2.53 bits per heavy atom. The Labute approximate surface area is 208 Å². The molecule has 3 amide bonds. The maximum Gasteiger partial charge on any atom is 0.323 e. The number of nitrogens with one attached hydrogen (secondary N) is 3. The van der Waals surface area contributed by atoms with E-state index in [2.05, 4.69) is 16.0 Å². The van der Waals surface area contributed by atoms with Gasteiger partial charge in [0, 0.05) is 36.4 Å². The summed E-state index contributed by atoms with van der Waals surface area (Å²) in [6.07, 6.45) is 3.85. The van der Waals surface area contributed by atoms with E-state index in [1.54, 1.807) is 41.0 Å². The van der Waals surface area contributed by atoms with E-state index in [-0.39, 0.29) is 24.0 Å². The number of hydrogen-bond acceptors (Lipinski definition) is 4. The SMILES string of the molecule is O=C(Nc1ccccc1)Nc1cccc(CNC(=O)c2ccc3c(=O)n4c(nc3c2)CCCCC4)c1. The van der Waals surface area contributed by atoms with Crippen LogP contribution in [0.5, 0.6) is 0 Å². The molecule has 1 aliphatic heterocycles. The van der Waals surface area contributed by atoms with Crippen LogP contribution in [-0.2, 0) is 19.5 Å². The Hall–Kier alpha value is -4.46. The summed E-state index contributed by atoms with van der Waals surface area (Å²) in [4.78, 5) is 42.7. The molecule has 0 atom stereocenters. The Morgan fingerprint density at radius 1 is 0.861 bits per heavy atom. The second kappa shape index (κ2) is 10.4. The average Bonchev–Trinajstić information content (AvgIpc) is 3.13. The number of aryl methyl sites for hydroxylation is 1.